The zero-order chi connectivity index (χ0) is 20.4. The summed E-state index contributed by atoms with van der Waals surface area (Å²) >= 11 is 0. The minimum Gasteiger partial charge on any atom is -0.424 e. The summed E-state index contributed by atoms with van der Waals surface area (Å²) in [4.78, 5) is 31.1. The van der Waals surface area contributed by atoms with E-state index >= 15 is 0 Å². The van der Waals surface area contributed by atoms with Gasteiger partial charge in [-0.1, -0.05) is 12.1 Å². The first kappa shape index (κ1) is 18.3. The predicted octanol–water partition coefficient (Wildman–Crippen LogP) is 4.18. The molecule has 0 radical (unpaired) electrons. The Morgan fingerprint density at radius 1 is 1.10 bits per heavy atom. The van der Waals surface area contributed by atoms with E-state index in [1.54, 1.807) is 48.8 Å². The minimum atomic E-state index is -0.491. The topological polar surface area (TPSA) is 108 Å². The molecule has 144 valence electrons. The van der Waals surface area contributed by atoms with E-state index < -0.39 is 10.5 Å². The molecule has 2 aromatic heterocycles. The van der Waals surface area contributed by atoms with Crippen molar-refractivity contribution in [3.05, 3.63) is 98.1 Å². The van der Waals surface area contributed by atoms with Crippen LogP contribution in [0.2, 0.25) is 0 Å². The number of nitro benzene ring substituents is 1. The van der Waals surface area contributed by atoms with Gasteiger partial charge in [0.1, 0.15) is 11.3 Å². The molecule has 8 nitrogen and oxygen atoms in total. The summed E-state index contributed by atoms with van der Waals surface area (Å²) in [6.45, 7) is 1.83. The molecule has 0 aliphatic heterocycles. The average molecular weight is 389 g/mol. The van der Waals surface area contributed by atoms with Crippen LogP contribution >= 0.6 is 0 Å². The molecule has 0 unspecified atom stereocenters. The standard InChI is InChI=1S/C21H15N3O5/c1-13-17-7-6-16(28-21-22-8-3-9-23-21)12-19(17)29-20(25)18(13)11-14-4-2-5-15(10-14)24(26)27/h2-10,12H,11H2,1H3. The number of non-ortho nitro benzene ring substituents is 1. The van der Waals surface area contributed by atoms with Gasteiger partial charge < -0.3 is 9.15 Å². The highest BCUT2D eigenvalue weighted by Gasteiger charge is 2.15. The number of nitrogens with zero attached hydrogens (tertiary/aromatic N) is 3. The largest absolute Gasteiger partial charge is 0.424 e. The molecular weight excluding hydrogens is 374 g/mol. The smallest absolute Gasteiger partial charge is 0.340 e. The fourth-order valence-electron chi connectivity index (χ4n) is 3.07. The van der Waals surface area contributed by atoms with Crippen molar-refractivity contribution in [3.63, 3.8) is 0 Å². The fourth-order valence-corrected chi connectivity index (χ4v) is 3.07. The monoisotopic (exact) mass is 389 g/mol. The Balaban J connectivity index is 1.70. The normalized spacial score (nSPS) is 10.8. The number of fused-ring (bicyclic) bond motifs is 1. The van der Waals surface area contributed by atoms with Crippen molar-refractivity contribution in [2.45, 2.75) is 13.3 Å². The molecule has 0 spiro atoms. The first-order valence-electron chi connectivity index (χ1n) is 8.76. The zero-order valence-corrected chi connectivity index (χ0v) is 15.4. The third kappa shape index (κ3) is 3.81. The molecule has 0 amide bonds. The number of ether oxygens (including phenoxy) is 1. The second-order valence-electron chi connectivity index (χ2n) is 6.39. The molecule has 0 fully saturated rings. The maximum atomic E-state index is 12.6. The molecule has 0 saturated carbocycles. The maximum Gasteiger partial charge on any atom is 0.340 e. The minimum absolute atomic E-state index is 0.0183. The van der Waals surface area contributed by atoms with Crippen molar-refractivity contribution >= 4 is 16.7 Å². The first-order valence-corrected chi connectivity index (χ1v) is 8.76. The highest BCUT2D eigenvalue weighted by Crippen LogP contribution is 2.27. The molecule has 2 aromatic carbocycles. The van der Waals surface area contributed by atoms with Crippen molar-refractivity contribution in [2.24, 2.45) is 0 Å². The molecule has 29 heavy (non-hydrogen) atoms. The van der Waals surface area contributed by atoms with Gasteiger partial charge in [0.2, 0.25) is 0 Å². The summed E-state index contributed by atoms with van der Waals surface area (Å²) in [7, 11) is 0. The molecule has 0 aliphatic carbocycles. The number of aryl methyl sites for hydroxylation is 1. The lowest BCUT2D eigenvalue weighted by Gasteiger charge is -2.09. The van der Waals surface area contributed by atoms with E-state index in [-0.39, 0.29) is 18.1 Å². The molecule has 0 aliphatic rings. The van der Waals surface area contributed by atoms with Crippen LogP contribution in [0.4, 0.5) is 5.69 Å². The Hall–Kier alpha value is -4.07. The van der Waals surface area contributed by atoms with E-state index in [1.165, 1.54) is 12.1 Å². The van der Waals surface area contributed by atoms with Crippen LogP contribution in [0, 0.1) is 17.0 Å². The predicted molar refractivity (Wildman–Crippen MR) is 105 cm³/mol. The Morgan fingerprint density at radius 3 is 2.66 bits per heavy atom. The fraction of sp³-hybridized carbons (Fsp3) is 0.0952. The molecule has 2 heterocycles. The SMILES string of the molecule is Cc1c(Cc2cccc([N+](=O)[O-])c2)c(=O)oc2cc(Oc3ncccn3)ccc12. The van der Waals surface area contributed by atoms with Gasteiger partial charge >= 0.3 is 11.6 Å². The number of rotatable bonds is 5. The molecule has 4 rings (SSSR count). The first-order chi connectivity index (χ1) is 14.0. The van der Waals surface area contributed by atoms with Gasteiger partial charge in [0.15, 0.2) is 0 Å². The third-order valence-corrected chi connectivity index (χ3v) is 4.51. The van der Waals surface area contributed by atoms with Gasteiger partial charge in [-0.05, 0) is 36.2 Å². The maximum absolute atomic E-state index is 12.6. The molecule has 4 aromatic rings. The molecule has 0 N–H and O–H groups in total. The van der Waals surface area contributed by atoms with Crippen molar-refractivity contribution in [2.75, 3.05) is 0 Å². The van der Waals surface area contributed by atoms with Crippen LogP contribution in [0.15, 0.2) is 70.1 Å². The number of hydrogen-bond acceptors (Lipinski definition) is 7. The Labute approximate surface area is 164 Å². The second kappa shape index (κ2) is 7.51. The average Bonchev–Trinajstić information content (AvgIpc) is 2.72. The molecule has 0 bridgehead atoms. The Bertz CT molecular complexity index is 1270. The van der Waals surface area contributed by atoms with Crippen molar-refractivity contribution in [1.82, 2.24) is 9.97 Å². The van der Waals surface area contributed by atoms with Gasteiger partial charge in [-0.3, -0.25) is 10.1 Å². The molecular formula is C21H15N3O5. The van der Waals surface area contributed by atoms with Crippen molar-refractivity contribution in [3.8, 4) is 11.8 Å². The summed E-state index contributed by atoms with van der Waals surface area (Å²) < 4.78 is 11.1. The van der Waals surface area contributed by atoms with E-state index in [0.717, 1.165) is 10.9 Å². The molecule has 0 saturated heterocycles. The van der Waals surface area contributed by atoms with Crippen LogP contribution in [0.1, 0.15) is 16.7 Å². The van der Waals surface area contributed by atoms with Gasteiger partial charge in [-0.2, -0.15) is 0 Å². The zero-order valence-electron chi connectivity index (χ0n) is 15.4. The van der Waals surface area contributed by atoms with Crippen molar-refractivity contribution in [1.29, 1.82) is 0 Å². The van der Waals surface area contributed by atoms with Gasteiger partial charge in [0.25, 0.3) is 5.69 Å². The third-order valence-electron chi connectivity index (χ3n) is 4.51. The van der Waals surface area contributed by atoms with Crippen LogP contribution in [0.3, 0.4) is 0 Å². The highest BCUT2D eigenvalue weighted by molar-refractivity contribution is 5.82. The number of nitro groups is 1. The van der Waals surface area contributed by atoms with Gasteiger partial charge in [0.05, 0.1) is 4.92 Å². The lowest BCUT2D eigenvalue weighted by atomic mass is 9.99. The number of benzene rings is 2. The number of aromatic nitrogens is 2. The lowest BCUT2D eigenvalue weighted by Crippen LogP contribution is -2.11. The summed E-state index contributed by atoms with van der Waals surface area (Å²) in [6.07, 6.45) is 3.36. The molecule has 0 atom stereocenters. The van der Waals surface area contributed by atoms with E-state index in [1.807, 2.05) is 6.92 Å². The van der Waals surface area contributed by atoms with E-state index in [0.29, 0.717) is 22.5 Å². The summed E-state index contributed by atoms with van der Waals surface area (Å²) in [5, 5.41) is 11.7. The quantitative estimate of drug-likeness (QED) is 0.286. The van der Waals surface area contributed by atoms with E-state index in [4.69, 9.17) is 9.15 Å². The summed E-state index contributed by atoms with van der Waals surface area (Å²) in [6, 6.07) is 13.2. The van der Waals surface area contributed by atoms with Crippen LogP contribution in [0.25, 0.3) is 11.0 Å². The van der Waals surface area contributed by atoms with E-state index in [2.05, 4.69) is 9.97 Å². The molecule has 8 heteroatoms. The van der Waals surface area contributed by atoms with Crippen LogP contribution < -0.4 is 10.4 Å². The van der Waals surface area contributed by atoms with Crippen LogP contribution in [-0.2, 0) is 6.42 Å². The van der Waals surface area contributed by atoms with Gasteiger partial charge in [-0.25, -0.2) is 14.8 Å². The Morgan fingerprint density at radius 2 is 1.90 bits per heavy atom. The summed E-state index contributed by atoms with van der Waals surface area (Å²) in [5.74, 6) is 0.442. The lowest BCUT2D eigenvalue weighted by molar-refractivity contribution is -0.384. The van der Waals surface area contributed by atoms with Crippen LogP contribution in [-0.4, -0.2) is 14.9 Å². The van der Waals surface area contributed by atoms with Crippen LogP contribution in [0.5, 0.6) is 11.8 Å². The van der Waals surface area contributed by atoms with E-state index in [9.17, 15) is 14.9 Å². The van der Waals surface area contributed by atoms with Gasteiger partial charge in [0, 0.05) is 48.0 Å². The summed E-state index contributed by atoms with van der Waals surface area (Å²) in [5.41, 5.74) is 1.74. The Kier molecular flexibility index (Phi) is 4.74. The highest BCUT2D eigenvalue weighted by atomic mass is 16.6. The number of hydrogen-bond donors (Lipinski definition) is 0. The van der Waals surface area contributed by atoms with Gasteiger partial charge in [-0.15, -0.1) is 0 Å². The second-order valence-corrected chi connectivity index (χ2v) is 6.39. The van der Waals surface area contributed by atoms with Crippen molar-refractivity contribution < 1.29 is 14.1 Å².